The minimum atomic E-state index is -3.85. The van der Waals surface area contributed by atoms with Gasteiger partial charge < -0.3 is 14.8 Å². The van der Waals surface area contributed by atoms with E-state index in [1.54, 1.807) is 30.3 Å². The van der Waals surface area contributed by atoms with Gasteiger partial charge in [-0.05, 0) is 59.9 Å². The van der Waals surface area contributed by atoms with Crippen LogP contribution in [0.2, 0.25) is 0 Å². The van der Waals surface area contributed by atoms with Crippen molar-refractivity contribution in [3.63, 3.8) is 0 Å². The van der Waals surface area contributed by atoms with Crippen LogP contribution in [-0.4, -0.2) is 22.6 Å². The third-order valence-corrected chi connectivity index (χ3v) is 8.62. The molecule has 0 spiro atoms. The van der Waals surface area contributed by atoms with Gasteiger partial charge in [-0.2, -0.15) is 0 Å². The first-order chi connectivity index (χ1) is 16.4. The van der Waals surface area contributed by atoms with Crippen LogP contribution >= 0.6 is 15.9 Å². The molecule has 1 aliphatic carbocycles. The second-order valence-corrected chi connectivity index (χ2v) is 11.0. The van der Waals surface area contributed by atoms with E-state index in [4.69, 9.17) is 9.47 Å². The topological polar surface area (TPSA) is 76.7 Å². The maximum atomic E-state index is 13.3. The molecule has 3 atom stereocenters. The smallest absolute Gasteiger partial charge is 0.262 e. The molecular weight excluding hydrogens is 516 g/mol. The van der Waals surface area contributed by atoms with Crippen LogP contribution in [0.1, 0.15) is 29.5 Å². The summed E-state index contributed by atoms with van der Waals surface area (Å²) in [7, 11) is -0.821. The fourth-order valence-electron chi connectivity index (χ4n) is 4.87. The Morgan fingerprint density at radius 3 is 2.59 bits per heavy atom. The quantitative estimate of drug-likeness (QED) is 0.369. The van der Waals surface area contributed by atoms with E-state index in [1.165, 1.54) is 19.8 Å². The monoisotopic (exact) mass is 540 g/mol. The molecule has 2 aliphatic rings. The summed E-state index contributed by atoms with van der Waals surface area (Å²) in [4.78, 5) is 0.205. The number of hydrogen-bond donors (Lipinski definition) is 2. The molecule has 0 radical (unpaired) electrons. The standard InChI is InChI=1S/C26H25BrN2O4S/c1-32-16-10-13-25(33-2)24(14-16)29-34(30,31)17-11-12-23-21(15-17)18-7-5-8-19(18)26(28-23)20-6-3-4-9-22(20)27/h3-7,9-15,18-19,26,28-29H,8H2,1-2H3/t18-,19+,26-/m0/s1. The Balaban J connectivity index is 1.50. The van der Waals surface area contributed by atoms with E-state index in [9.17, 15) is 8.42 Å². The molecular formula is C26H25BrN2O4S. The minimum Gasteiger partial charge on any atom is -0.497 e. The Morgan fingerprint density at radius 2 is 1.82 bits per heavy atom. The van der Waals surface area contributed by atoms with Gasteiger partial charge in [-0.25, -0.2) is 8.42 Å². The molecule has 6 nitrogen and oxygen atoms in total. The fraction of sp³-hybridized carbons (Fsp3) is 0.231. The Labute approximate surface area is 208 Å². The summed E-state index contributed by atoms with van der Waals surface area (Å²) in [6, 6.07) is 18.6. The molecule has 1 heterocycles. The molecule has 3 aromatic rings. The maximum absolute atomic E-state index is 13.3. The van der Waals surface area contributed by atoms with Gasteiger partial charge in [0.25, 0.3) is 10.0 Å². The van der Waals surface area contributed by atoms with E-state index >= 15 is 0 Å². The lowest BCUT2D eigenvalue weighted by Gasteiger charge is -2.38. The van der Waals surface area contributed by atoms with Gasteiger partial charge in [-0.1, -0.05) is 46.3 Å². The zero-order chi connectivity index (χ0) is 23.9. The van der Waals surface area contributed by atoms with Crippen LogP contribution in [0.5, 0.6) is 11.5 Å². The van der Waals surface area contributed by atoms with Crippen LogP contribution < -0.4 is 19.5 Å². The highest BCUT2D eigenvalue weighted by Gasteiger charge is 2.39. The van der Waals surface area contributed by atoms with E-state index < -0.39 is 10.0 Å². The van der Waals surface area contributed by atoms with Gasteiger partial charge >= 0.3 is 0 Å². The van der Waals surface area contributed by atoms with E-state index in [1.807, 2.05) is 18.2 Å². The number of sulfonamides is 1. The molecule has 8 heteroatoms. The second-order valence-electron chi connectivity index (χ2n) is 8.42. The number of ether oxygens (including phenoxy) is 2. The highest BCUT2D eigenvalue weighted by Crippen LogP contribution is 2.51. The number of nitrogens with one attached hydrogen (secondary N) is 2. The average molecular weight is 541 g/mol. The molecule has 34 heavy (non-hydrogen) atoms. The Morgan fingerprint density at radius 1 is 1.00 bits per heavy atom. The van der Waals surface area contributed by atoms with E-state index in [-0.39, 0.29) is 16.9 Å². The first-order valence-electron chi connectivity index (χ1n) is 11.0. The summed E-state index contributed by atoms with van der Waals surface area (Å²) in [6.45, 7) is 0. The van der Waals surface area contributed by atoms with Crippen molar-refractivity contribution in [3.05, 3.63) is 88.4 Å². The van der Waals surface area contributed by atoms with Crippen LogP contribution in [0.25, 0.3) is 0 Å². The second kappa shape index (κ2) is 9.00. The molecule has 0 aromatic heterocycles. The summed E-state index contributed by atoms with van der Waals surface area (Å²) in [5.41, 5.74) is 3.47. The van der Waals surface area contributed by atoms with Gasteiger partial charge in [0.2, 0.25) is 0 Å². The van der Waals surface area contributed by atoms with Gasteiger partial charge in [0.15, 0.2) is 0 Å². The lowest BCUT2D eigenvalue weighted by Crippen LogP contribution is -2.29. The van der Waals surface area contributed by atoms with Crippen molar-refractivity contribution in [2.75, 3.05) is 24.3 Å². The van der Waals surface area contributed by atoms with E-state index in [0.717, 1.165) is 22.1 Å². The average Bonchev–Trinajstić information content (AvgIpc) is 3.34. The summed E-state index contributed by atoms with van der Waals surface area (Å²) in [5.74, 6) is 1.38. The first-order valence-corrected chi connectivity index (χ1v) is 13.3. The van der Waals surface area contributed by atoms with Gasteiger partial charge in [-0.3, -0.25) is 4.72 Å². The van der Waals surface area contributed by atoms with Crippen molar-refractivity contribution >= 4 is 37.3 Å². The first kappa shape index (κ1) is 22.8. The van der Waals surface area contributed by atoms with Crippen molar-refractivity contribution in [3.8, 4) is 11.5 Å². The van der Waals surface area contributed by atoms with Crippen LogP contribution in [-0.2, 0) is 10.0 Å². The number of hydrogen-bond acceptors (Lipinski definition) is 5. The van der Waals surface area contributed by atoms with Crippen molar-refractivity contribution in [1.29, 1.82) is 0 Å². The van der Waals surface area contributed by atoms with Gasteiger partial charge in [-0.15, -0.1) is 0 Å². The SMILES string of the molecule is COc1ccc(OC)c(NS(=O)(=O)c2ccc3c(c2)[C@H]2C=CC[C@H]2[C@@H](c2ccccc2Br)N3)c1. The normalized spacial score (nSPS) is 20.7. The zero-order valence-corrected chi connectivity index (χ0v) is 21.2. The summed E-state index contributed by atoms with van der Waals surface area (Å²) in [5, 5.41) is 3.67. The summed E-state index contributed by atoms with van der Waals surface area (Å²) >= 11 is 3.69. The third-order valence-electron chi connectivity index (χ3n) is 6.54. The van der Waals surface area contributed by atoms with E-state index in [2.05, 4.69) is 50.3 Å². The van der Waals surface area contributed by atoms with Crippen molar-refractivity contribution in [2.45, 2.75) is 23.3 Å². The number of fused-ring (bicyclic) bond motifs is 3. The largest absolute Gasteiger partial charge is 0.497 e. The molecule has 0 saturated carbocycles. The number of halogens is 1. The molecule has 5 rings (SSSR count). The molecule has 176 valence electrons. The van der Waals surface area contributed by atoms with Crippen molar-refractivity contribution in [2.24, 2.45) is 5.92 Å². The third kappa shape index (κ3) is 4.05. The van der Waals surface area contributed by atoms with Gasteiger partial charge in [0, 0.05) is 22.1 Å². The number of anilines is 2. The molecule has 0 saturated heterocycles. The highest BCUT2D eigenvalue weighted by molar-refractivity contribution is 9.10. The summed E-state index contributed by atoms with van der Waals surface area (Å²) in [6.07, 6.45) is 5.32. The Hall–Kier alpha value is -2.97. The van der Waals surface area contributed by atoms with Crippen molar-refractivity contribution < 1.29 is 17.9 Å². The molecule has 0 bridgehead atoms. The van der Waals surface area contributed by atoms with Crippen LogP contribution in [0.15, 0.2) is 82.2 Å². The molecule has 0 unspecified atom stereocenters. The number of methoxy groups -OCH3 is 2. The maximum Gasteiger partial charge on any atom is 0.262 e. The van der Waals surface area contributed by atoms with Crippen molar-refractivity contribution in [1.82, 2.24) is 0 Å². The summed E-state index contributed by atoms with van der Waals surface area (Å²) < 4.78 is 41.0. The minimum absolute atomic E-state index is 0.129. The predicted octanol–water partition coefficient (Wildman–Crippen LogP) is 6.09. The Kier molecular flexibility index (Phi) is 6.04. The lowest BCUT2D eigenvalue weighted by molar-refractivity contribution is 0.405. The fourth-order valence-corrected chi connectivity index (χ4v) is 6.50. The predicted molar refractivity (Wildman–Crippen MR) is 137 cm³/mol. The lowest BCUT2D eigenvalue weighted by atomic mass is 9.77. The molecule has 1 aliphatic heterocycles. The molecule has 2 N–H and O–H groups in total. The molecule has 0 fully saturated rings. The zero-order valence-electron chi connectivity index (χ0n) is 18.8. The van der Waals surface area contributed by atoms with Gasteiger partial charge in [0.05, 0.1) is 30.8 Å². The van der Waals surface area contributed by atoms with Crippen LogP contribution in [0.4, 0.5) is 11.4 Å². The highest BCUT2D eigenvalue weighted by atomic mass is 79.9. The molecule has 3 aromatic carbocycles. The number of rotatable bonds is 6. The van der Waals surface area contributed by atoms with Gasteiger partial charge in [0.1, 0.15) is 11.5 Å². The van der Waals surface area contributed by atoms with Crippen LogP contribution in [0, 0.1) is 5.92 Å². The Bertz CT molecular complexity index is 1370. The van der Waals surface area contributed by atoms with Crippen LogP contribution in [0.3, 0.4) is 0 Å². The molecule has 0 amide bonds. The van der Waals surface area contributed by atoms with E-state index in [0.29, 0.717) is 23.1 Å². The number of allylic oxidation sites excluding steroid dienone is 2. The number of benzene rings is 3.